The second kappa shape index (κ2) is 26.1. The highest BCUT2D eigenvalue weighted by molar-refractivity contribution is 6.24. The lowest BCUT2D eigenvalue weighted by Crippen LogP contribution is -2.49. The summed E-state index contributed by atoms with van der Waals surface area (Å²) in [6.45, 7) is 19.1. The number of hydrazone groups is 1. The number of aromatic carboxylic acids is 1. The van der Waals surface area contributed by atoms with E-state index in [-0.39, 0.29) is 67.5 Å². The second-order valence-corrected chi connectivity index (χ2v) is 23.4. The van der Waals surface area contributed by atoms with Gasteiger partial charge in [0, 0.05) is 125 Å². The number of ketones is 1. The van der Waals surface area contributed by atoms with Crippen LogP contribution >= 0.6 is 0 Å². The Morgan fingerprint density at radius 1 is 0.907 bits per heavy atom. The number of rotatable bonds is 8. The average Bonchev–Trinajstić information content (AvgIpc) is 1.53. The summed E-state index contributed by atoms with van der Waals surface area (Å²) in [6, 6.07) is 1.45. The van der Waals surface area contributed by atoms with Gasteiger partial charge in [-0.15, -0.1) is 0 Å². The number of nitrogens with zero attached hydrogens (tertiary/aromatic N) is 5. The number of hydrogen-bond donors (Lipinski definition) is 8. The molecule has 0 radical (unpaired) electrons. The minimum absolute atomic E-state index is 0.0445. The zero-order valence-electron chi connectivity index (χ0n) is 50.6. The van der Waals surface area contributed by atoms with Gasteiger partial charge in [-0.05, 0) is 52.8 Å². The molecule has 2 saturated heterocycles. The van der Waals surface area contributed by atoms with E-state index in [4.69, 9.17) is 23.7 Å². The zero-order valence-corrected chi connectivity index (χ0v) is 50.6. The lowest BCUT2D eigenvalue weighted by Gasteiger charge is -2.38. The molecule has 466 valence electrons. The molecule has 3 aromatic carbocycles. The predicted octanol–water partition coefficient (Wildman–Crippen LogP) is 6.32. The number of carbonyl (C=O) groups is 4. The van der Waals surface area contributed by atoms with Crippen LogP contribution in [0.15, 0.2) is 58.3 Å². The van der Waals surface area contributed by atoms with Crippen LogP contribution in [0.2, 0.25) is 0 Å². The summed E-state index contributed by atoms with van der Waals surface area (Å²) < 4.78 is 46.1. The number of likely N-dealkylation sites (N-methyl/N-ethyl adjacent to an activating group) is 1. The summed E-state index contributed by atoms with van der Waals surface area (Å²) in [5.41, 5.74) is -0.587. The number of halogens is 1. The SMILES string of the molecule is CO[C@H]1/C=C/O[C@@]2(C)Oc3c(C)c(O)c4c(O)c(c(/C=N\N5CCN(C)CC5)c(O)c4c3C2=O)NC(=O)/C(C)=C\C=C\[C@H](C)[C@H](O)[C@@H](C)[C@@H](O)[C@@H](C)[C@H](OC(C)=O)[C@@H]1C.COc1c(N2CCNC(C)C2)c(F)cc2c(=O)c(C(=O)O)cn(C3CC3)c12. The van der Waals surface area contributed by atoms with E-state index in [0.717, 1.165) is 38.5 Å². The Morgan fingerprint density at radius 3 is 2.21 bits per heavy atom. The Balaban J connectivity index is 0.000000294. The van der Waals surface area contributed by atoms with Crippen molar-refractivity contribution in [1.29, 1.82) is 0 Å². The lowest BCUT2D eigenvalue weighted by atomic mass is 9.78. The molecule has 1 unspecified atom stereocenters. The van der Waals surface area contributed by atoms with Crippen LogP contribution in [0.3, 0.4) is 0 Å². The van der Waals surface area contributed by atoms with Gasteiger partial charge in [0.05, 0.1) is 71.0 Å². The predicted molar refractivity (Wildman–Crippen MR) is 320 cm³/mol. The Bertz CT molecular complexity index is 3480. The highest BCUT2D eigenvalue weighted by atomic mass is 19.1. The second-order valence-electron chi connectivity index (χ2n) is 23.4. The van der Waals surface area contributed by atoms with Crippen molar-refractivity contribution in [3.05, 3.63) is 86.7 Å². The van der Waals surface area contributed by atoms with Gasteiger partial charge in [0.2, 0.25) is 5.43 Å². The maximum absolute atomic E-state index is 15.1. The largest absolute Gasteiger partial charge is 0.507 e. The number of aromatic hydroxyl groups is 3. The van der Waals surface area contributed by atoms with Crippen molar-refractivity contribution in [2.75, 3.05) is 77.3 Å². The van der Waals surface area contributed by atoms with Crippen LogP contribution in [0.25, 0.3) is 21.7 Å². The van der Waals surface area contributed by atoms with E-state index in [9.17, 15) is 54.6 Å². The smallest absolute Gasteiger partial charge is 0.341 e. The standard InChI is InChI=1S/C43H58N4O12.C19H22FN3O4/c1-21-12-11-13-22(2)42(55)45-33-28(20-44-47-17-15-46(9)16-18-47)37(52)30-31(38(33)53)36(51)26(6)40-32(30)41(54)43(8,59-40)57-19-14-29(56-10)23(3)39(58-27(7)48)25(5)35(50)24(4)34(21)49;1-10-8-22(6-5-21-10)16-14(20)7-12-15(18(16)27-2)23(11-3-4-11)9-13(17(12)24)19(25)26/h11-14,19-21,23-25,29,34-35,39,49-53H,15-18H2,1-10H3,(H,45,55);7,9-11,21H,3-6,8H2,1-2H3,(H,25,26)/b12-11+,19-14+,22-13-,44-20-;/t21-,23+,24+,25+,29-,34-,35+,39+,43-;/m0./s1. The molecule has 10 rings (SSSR count). The van der Waals surface area contributed by atoms with Gasteiger partial charge in [-0.3, -0.25) is 24.2 Å². The number of piperazine rings is 2. The van der Waals surface area contributed by atoms with Crippen LogP contribution in [0.5, 0.6) is 28.7 Å². The number of nitrogens with one attached hydrogen (secondary N) is 2. The maximum Gasteiger partial charge on any atom is 0.341 e. The number of allylic oxidation sites excluding steroid dienone is 2. The fourth-order valence-corrected chi connectivity index (χ4v) is 11.8. The summed E-state index contributed by atoms with van der Waals surface area (Å²) in [6.07, 6.45) is 8.00. The molecule has 5 aliphatic heterocycles. The first-order valence-corrected chi connectivity index (χ1v) is 28.9. The number of aromatic nitrogens is 1. The molecule has 0 spiro atoms. The van der Waals surface area contributed by atoms with E-state index < -0.39 is 106 Å². The van der Waals surface area contributed by atoms with Gasteiger partial charge < -0.3 is 79.3 Å². The number of phenols is 3. The topological polar surface area (TPSA) is 304 Å². The summed E-state index contributed by atoms with van der Waals surface area (Å²) >= 11 is 0. The number of aliphatic hydroxyl groups is 2. The van der Waals surface area contributed by atoms with Gasteiger partial charge in [-0.25, -0.2) is 9.18 Å². The maximum atomic E-state index is 15.1. The minimum atomic E-state index is -2.04. The first-order chi connectivity index (χ1) is 40.6. The highest BCUT2D eigenvalue weighted by Gasteiger charge is 2.50. The van der Waals surface area contributed by atoms with Crippen molar-refractivity contribution in [3.63, 3.8) is 0 Å². The molecule has 1 aliphatic carbocycles. The van der Waals surface area contributed by atoms with Crippen LogP contribution < -0.4 is 30.4 Å². The first-order valence-electron chi connectivity index (χ1n) is 28.9. The molecule has 6 aliphatic rings. The zero-order chi connectivity index (χ0) is 63.0. The number of carboxylic acids is 1. The van der Waals surface area contributed by atoms with Crippen molar-refractivity contribution in [2.45, 2.75) is 117 Å². The van der Waals surface area contributed by atoms with Gasteiger partial charge in [0.1, 0.15) is 34.6 Å². The molecule has 1 saturated carbocycles. The van der Waals surface area contributed by atoms with Crippen LogP contribution in [-0.4, -0.2) is 178 Å². The number of pyridine rings is 1. The van der Waals surface area contributed by atoms with Crippen LogP contribution in [0, 0.1) is 36.4 Å². The van der Waals surface area contributed by atoms with Crippen molar-refractivity contribution in [1.82, 2.24) is 19.8 Å². The molecular weight excluding hydrogens is 1120 g/mol. The third kappa shape index (κ3) is 12.7. The monoisotopic (exact) mass is 1200 g/mol. The molecule has 24 heteroatoms. The van der Waals surface area contributed by atoms with Gasteiger partial charge >= 0.3 is 17.7 Å². The number of carbonyl (C=O) groups excluding carboxylic acids is 3. The van der Waals surface area contributed by atoms with E-state index in [2.05, 4.69) is 20.6 Å². The number of phenolic OH excluding ortho intramolecular Hbond substituents is 3. The van der Waals surface area contributed by atoms with E-state index >= 15 is 4.39 Å². The van der Waals surface area contributed by atoms with E-state index in [0.29, 0.717) is 43.1 Å². The molecule has 8 N–H and O–H groups in total. The molecule has 10 atom stereocenters. The van der Waals surface area contributed by atoms with Crippen LogP contribution in [0.1, 0.15) is 106 Å². The molecular formula is C62H80FN7O16. The van der Waals surface area contributed by atoms with Crippen molar-refractivity contribution in [3.8, 4) is 28.7 Å². The number of anilines is 2. The fourth-order valence-electron chi connectivity index (χ4n) is 11.8. The van der Waals surface area contributed by atoms with Gasteiger partial charge in [0.25, 0.3) is 11.7 Å². The third-order valence-electron chi connectivity index (χ3n) is 17.1. The molecule has 3 fully saturated rings. The normalized spacial score (nSPS) is 28.3. The van der Waals surface area contributed by atoms with Gasteiger partial charge in [-0.2, -0.15) is 5.10 Å². The van der Waals surface area contributed by atoms with Crippen molar-refractivity contribution in [2.24, 2.45) is 28.8 Å². The lowest BCUT2D eigenvalue weighted by molar-refractivity contribution is -0.160. The molecule has 86 heavy (non-hydrogen) atoms. The third-order valence-corrected chi connectivity index (χ3v) is 17.1. The molecule has 1 aromatic heterocycles. The summed E-state index contributed by atoms with van der Waals surface area (Å²) in [5, 5.41) is 79.6. The number of benzene rings is 3. The number of Topliss-reactive ketones (excluding diaryl/α,β-unsaturated/α-hetero) is 1. The summed E-state index contributed by atoms with van der Waals surface area (Å²) in [5.74, 6) is -9.93. The van der Waals surface area contributed by atoms with Crippen molar-refractivity contribution < 1.29 is 77.9 Å². The molecule has 6 heterocycles. The Kier molecular flexibility index (Phi) is 19.5. The number of esters is 1. The highest BCUT2D eigenvalue weighted by Crippen LogP contribution is 2.55. The summed E-state index contributed by atoms with van der Waals surface area (Å²) in [7, 11) is 4.88. The Hall–Kier alpha value is -7.77. The molecule has 1 amide bonds. The van der Waals surface area contributed by atoms with Crippen molar-refractivity contribution >= 4 is 62.9 Å². The molecule has 4 aromatic rings. The van der Waals surface area contributed by atoms with Crippen LogP contribution in [0.4, 0.5) is 15.8 Å². The number of carboxylic acid groups (broad SMARTS) is 1. The quantitative estimate of drug-likeness (QED) is 0.0414. The number of aliphatic hydroxyl groups excluding tert-OH is 2. The number of amides is 1. The Morgan fingerprint density at radius 2 is 1.59 bits per heavy atom. The first kappa shape index (κ1) is 64.2. The molecule has 5 bridgehead atoms. The van der Waals surface area contributed by atoms with E-state index in [1.54, 1.807) is 49.4 Å². The number of hydrogen-bond acceptors (Lipinski definition) is 20. The van der Waals surface area contributed by atoms with E-state index in [1.807, 2.05) is 18.9 Å². The van der Waals surface area contributed by atoms with Crippen LogP contribution in [-0.2, 0) is 23.8 Å². The van der Waals surface area contributed by atoms with Gasteiger partial charge in [-0.1, -0.05) is 45.9 Å². The average molecular weight is 1200 g/mol. The number of methoxy groups -OCH3 is 2. The summed E-state index contributed by atoms with van der Waals surface area (Å²) in [4.78, 5) is 68.7. The fraction of sp³-hybridized carbons (Fsp3) is 0.516. The minimum Gasteiger partial charge on any atom is -0.507 e. The number of ether oxygens (including phenoxy) is 5. The number of fused-ring (bicyclic) bond motifs is 15. The molecule has 23 nitrogen and oxygen atoms in total. The van der Waals surface area contributed by atoms with Gasteiger partial charge in [0.15, 0.2) is 17.3 Å². The Labute approximate surface area is 497 Å². The van der Waals surface area contributed by atoms with E-state index in [1.165, 1.54) is 72.7 Å².